The van der Waals surface area contributed by atoms with Gasteiger partial charge in [0.05, 0.1) is 0 Å². The van der Waals surface area contributed by atoms with Crippen LogP contribution in [0.15, 0.2) is 24.3 Å². The van der Waals surface area contributed by atoms with Crippen molar-refractivity contribution < 1.29 is 0 Å². The predicted octanol–water partition coefficient (Wildman–Crippen LogP) is 3.37. The van der Waals surface area contributed by atoms with Crippen LogP contribution in [0.3, 0.4) is 0 Å². The second-order valence-corrected chi connectivity index (χ2v) is 2.52. The van der Waals surface area contributed by atoms with Crippen molar-refractivity contribution in [3.05, 3.63) is 31.2 Å². The molecule has 57 valence electrons. The van der Waals surface area contributed by atoms with Crippen LogP contribution in [0.4, 0.5) is 0 Å². The van der Waals surface area contributed by atoms with E-state index in [0.29, 0.717) is 5.92 Å². The zero-order valence-corrected chi connectivity index (χ0v) is 7.01. The lowest BCUT2D eigenvalue weighted by molar-refractivity contribution is 0.930. The Morgan fingerprint density at radius 3 is 2.50 bits per heavy atom. The van der Waals surface area contributed by atoms with Crippen LogP contribution in [0.1, 0.15) is 26.7 Å². The van der Waals surface area contributed by atoms with Crippen LogP contribution in [-0.4, -0.2) is 0 Å². The molecule has 0 aromatic heterocycles. The lowest BCUT2D eigenvalue weighted by Gasteiger charge is -1.90. The summed E-state index contributed by atoms with van der Waals surface area (Å²) in [6.07, 6.45) is 10.8. The van der Waals surface area contributed by atoms with E-state index in [2.05, 4.69) is 45.1 Å². The first-order valence-corrected chi connectivity index (χ1v) is 3.92. The summed E-state index contributed by atoms with van der Waals surface area (Å²) in [5, 5.41) is 0. The molecule has 0 aromatic carbocycles. The smallest absolute Gasteiger partial charge is 0.0169 e. The van der Waals surface area contributed by atoms with E-state index in [-0.39, 0.29) is 0 Å². The van der Waals surface area contributed by atoms with E-state index in [0.717, 1.165) is 12.8 Å². The molecular formula is C10H17. The zero-order chi connectivity index (χ0) is 7.82. The molecule has 0 aromatic rings. The van der Waals surface area contributed by atoms with Gasteiger partial charge < -0.3 is 0 Å². The summed E-state index contributed by atoms with van der Waals surface area (Å²) in [5.74, 6) is 0.440. The zero-order valence-electron chi connectivity index (χ0n) is 7.01. The Bertz CT molecular complexity index is 107. The molecule has 0 aliphatic carbocycles. The van der Waals surface area contributed by atoms with Crippen LogP contribution in [0.25, 0.3) is 0 Å². The van der Waals surface area contributed by atoms with Gasteiger partial charge in [0.2, 0.25) is 0 Å². The number of hydrogen-bond donors (Lipinski definition) is 0. The van der Waals surface area contributed by atoms with Gasteiger partial charge in [0, 0.05) is 0 Å². The molecule has 0 saturated carbocycles. The topological polar surface area (TPSA) is 0 Å². The Balaban J connectivity index is 3.26. The summed E-state index contributed by atoms with van der Waals surface area (Å²) in [6, 6.07) is 0. The number of hydrogen-bond acceptors (Lipinski definition) is 0. The fraction of sp³-hybridized carbons (Fsp3) is 0.500. The molecule has 0 N–H and O–H groups in total. The first kappa shape index (κ1) is 9.48. The number of rotatable bonds is 4. The SMILES string of the molecule is [CH2]C(C)C=CCC=CCC. The van der Waals surface area contributed by atoms with Crippen molar-refractivity contribution in [1.29, 1.82) is 0 Å². The van der Waals surface area contributed by atoms with Gasteiger partial charge in [-0.25, -0.2) is 0 Å². The van der Waals surface area contributed by atoms with Crippen molar-refractivity contribution in [3.8, 4) is 0 Å². The first-order chi connectivity index (χ1) is 4.77. The molecular weight excluding hydrogens is 120 g/mol. The van der Waals surface area contributed by atoms with E-state index < -0.39 is 0 Å². The van der Waals surface area contributed by atoms with Gasteiger partial charge in [-0.3, -0.25) is 0 Å². The highest BCUT2D eigenvalue weighted by Gasteiger charge is 1.80. The lowest BCUT2D eigenvalue weighted by Crippen LogP contribution is -1.76. The van der Waals surface area contributed by atoms with Crippen molar-refractivity contribution in [1.82, 2.24) is 0 Å². The molecule has 0 spiro atoms. The van der Waals surface area contributed by atoms with E-state index in [1.165, 1.54) is 0 Å². The van der Waals surface area contributed by atoms with Crippen molar-refractivity contribution in [2.75, 3.05) is 0 Å². The minimum atomic E-state index is 0.440. The molecule has 0 heteroatoms. The molecule has 0 aliphatic rings. The van der Waals surface area contributed by atoms with E-state index in [9.17, 15) is 0 Å². The van der Waals surface area contributed by atoms with Gasteiger partial charge in [-0.2, -0.15) is 0 Å². The fourth-order valence-corrected chi connectivity index (χ4v) is 0.652. The lowest BCUT2D eigenvalue weighted by atomic mass is 10.2. The Morgan fingerprint density at radius 2 is 2.00 bits per heavy atom. The maximum atomic E-state index is 3.85. The largest absolute Gasteiger partial charge is 0.0885 e. The molecule has 10 heavy (non-hydrogen) atoms. The molecule has 0 fully saturated rings. The molecule has 0 heterocycles. The van der Waals surface area contributed by atoms with Crippen molar-refractivity contribution >= 4 is 0 Å². The molecule has 0 amide bonds. The second kappa shape index (κ2) is 6.60. The predicted molar refractivity (Wildman–Crippen MR) is 47.7 cm³/mol. The van der Waals surface area contributed by atoms with Gasteiger partial charge in [-0.05, 0) is 25.7 Å². The third kappa shape index (κ3) is 7.48. The Hall–Kier alpha value is -0.520. The highest BCUT2D eigenvalue weighted by atomic mass is 13.9. The third-order valence-electron chi connectivity index (χ3n) is 1.14. The van der Waals surface area contributed by atoms with Crippen LogP contribution in [-0.2, 0) is 0 Å². The standard InChI is InChI=1S/C10H17/c1-4-5-6-7-8-9-10(2)3/h5-6,8-10H,2,4,7H2,1,3H3. The number of allylic oxidation sites excluding steroid dienone is 4. The summed E-state index contributed by atoms with van der Waals surface area (Å²) in [5.41, 5.74) is 0. The molecule has 1 radical (unpaired) electrons. The highest BCUT2D eigenvalue weighted by Crippen LogP contribution is 1.95. The minimum absolute atomic E-state index is 0.440. The summed E-state index contributed by atoms with van der Waals surface area (Å²) >= 11 is 0. The van der Waals surface area contributed by atoms with E-state index in [4.69, 9.17) is 0 Å². The van der Waals surface area contributed by atoms with Crippen molar-refractivity contribution in [2.45, 2.75) is 26.7 Å². The molecule has 0 rings (SSSR count). The van der Waals surface area contributed by atoms with Gasteiger partial charge in [0.25, 0.3) is 0 Å². The van der Waals surface area contributed by atoms with E-state index >= 15 is 0 Å². The molecule has 1 atom stereocenters. The Morgan fingerprint density at radius 1 is 1.30 bits per heavy atom. The molecule has 0 bridgehead atoms. The second-order valence-electron chi connectivity index (χ2n) is 2.52. The average Bonchev–Trinajstić information content (AvgIpc) is 1.87. The normalized spacial score (nSPS) is 12.4. The first-order valence-electron chi connectivity index (χ1n) is 3.92. The van der Waals surface area contributed by atoms with Crippen LogP contribution >= 0.6 is 0 Å². The van der Waals surface area contributed by atoms with Crippen LogP contribution in [0, 0.1) is 12.8 Å². The maximum Gasteiger partial charge on any atom is -0.0169 e. The third-order valence-corrected chi connectivity index (χ3v) is 1.14. The summed E-state index contributed by atoms with van der Waals surface area (Å²) in [4.78, 5) is 0. The molecule has 0 nitrogen and oxygen atoms in total. The van der Waals surface area contributed by atoms with Crippen molar-refractivity contribution in [2.24, 2.45) is 5.92 Å². The van der Waals surface area contributed by atoms with E-state index in [1.807, 2.05) is 0 Å². The maximum absolute atomic E-state index is 3.85. The summed E-state index contributed by atoms with van der Waals surface area (Å²) in [7, 11) is 0. The summed E-state index contributed by atoms with van der Waals surface area (Å²) in [6.45, 7) is 8.07. The Labute approximate surface area is 64.6 Å². The molecule has 0 saturated heterocycles. The van der Waals surface area contributed by atoms with Gasteiger partial charge >= 0.3 is 0 Å². The van der Waals surface area contributed by atoms with E-state index in [1.54, 1.807) is 0 Å². The molecule has 1 unspecified atom stereocenters. The summed E-state index contributed by atoms with van der Waals surface area (Å²) < 4.78 is 0. The fourth-order valence-electron chi connectivity index (χ4n) is 0.652. The average molecular weight is 137 g/mol. The Kier molecular flexibility index (Phi) is 6.25. The molecule has 0 aliphatic heterocycles. The van der Waals surface area contributed by atoms with Gasteiger partial charge in [-0.15, -0.1) is 0 Å². The van der Waals surface area contributed by atoms with Crippen LogP contribution < -0.4 is 0 Å². The highest BCUT2D eigenvalue weighted by molar-refractivity contribution is 4.94. The van der Waals surface area contributed by atoms with Gasteiger partial charge in [0.1, 0.15) is 0 Å². The minimum Gasteiger partial charge on any atom is -0.0885 e. The monoisotopic (exact) mass is 137 g/mol. The quantitative estimate of drug-likeness (QED) is 0.521. The van der Waals surface area contributed by atoms with Gasteiger partial charge in [0.15, 0.2) is 0 Å². The van der Waals surface area contributed by atoms with Crippen LogP contribution in [0.2, 0.25) is 0 Å². The van der Waals surface area contributed by atoms with Crippen molar-refractivity contribution in [3.63, 3.8) is 0 Å². The van der Waals surface area contributed by atoms with Crippen LogP contribution in [0.5, 0.6) is 0 Å². The van der Waals surface area contributed by atoms with Gasteiger partial charge in [-0.1, -0.05) is 38.2 Å².